The number of ether oxygens (including phenoxy) is 2. The average molecular weight is 496 g/mol. The van der Waals surface area contributed by atoms with Crippen molar-refractivity contribution in [3.63, 3.8) is 0 Å². The van der Waals surface area contributed by atoms with Crippen LogP contribution in [0.5, 0.6) is 0 Å². The highest BCUT2D eigenvalue weighted by molar-refractivity contribution is 6.30. The van der Waals surface area contributed by atoms with Crippen LogP contribution in [0.15, 0.2) is 53.3 Å². The van der Waals surface area contributed by atoms with Gasteiger partial charge in [0.05, 0.1) is 42.1 Å². The fourth-order valence-electron chi connectivity index (χ4n) is 4.68. The van der Waals surface area contributed by atoms with Gasteiger partial charge in [0.2, 0.25) is 0 Å². The number of aromatic nitrogens is 1. The molecule has 3 fully saturated rings. The predicted octanol–water partition coefficient (Wildman–Crippen LogP) is 4.53. The van der Waals surface area contributed by atoms with Gasteiger partial charge in [0.1, 0.15) is 5.82 Å². The second-order valence-electron chi connectivity index (χ2n) is 9.21. The lowest BCUT2D eigenvalue weighted by molar-refractivity contribution is -0.169. The molecular weight excluding hydrogens is 466 g/mol. The van der Waals surface area contributed by atoms with E-state index < -0.39 is 5.79 Å². The number of amides is 1. The Morgan fingerprint density at radius 3 is 2.54 bits per heavy atom. The standard InChI is InChI=1S/C26H30ClN5O3/c1-17(30-20-6-4-19(27)5-7-20)23(15-28)25(33)31-21-14-22(18-2-3-18)24(29-16-21)32-10-8-26(9-11-32)34-12-13-35-26/h4-7,14-16,18H,2-3,8-13,28H2,1H3,(H,31,33). The number of pyridine rings is 1. The number of nitrogens with zero attached hydrogens (tertiary/aromatic N) is 3. The lowest BCUT2D eigenvalue weighted by atomic mass is 10.0. The molecule has 0 radical (unpaired) electrons. The molecule has 1 aromatic heterocycles. The van der Waals surface area contributed by atoms with Crippen LogP contribution in [0.4, 0.5) is 17.2 Å². The summed E-state index contributed by atoms with van der Waals surface area (Å²) >= 11 is 5.94. The molecule has 8 nitrogen and oxygen atoms in total. The number of benzene rings is 1. The number of carbonyl (C=O) groups is 1. The number of hydrogen-bond donors (Lipinski definition) is 2. The Bertz CT molecular complexity index is 1140. The molecule has 35 heavy (non-hydrogen) atoms. The minimum absolute atomic E-state index is 0.301. The number of nitrogens with two attached hydrogens (primary N) is 1. The molecule has 1 spiro atoms. The van der Waals surface area contributed by atoms with E-state index in [0.29, 0.717) is 46.8 Å². The summed E-state index contributed by atoms with van der Waals surface area (Å²) in [4.78, 5) is 24.6. The summed E-state index contributed by atoms with van der Waals surface area (Å²) in [5, 5.41) is 3.58. The third-order valence-corrected chi connectivity index (χ3v) is 6.98. The summed E-state index contributed by atoms with van der Waals surface area (Å²) in [7, 11) is 0. The van der Waals surface area contributed by atoms with Gasteiger partial charge in [0.15, 0.2) is 5.79 Å². The van der Waals surface area contributed by atoms with Crippen LogP contribution in [0, 0.1) is 0 Å². The van der Waals surface area contributed by atoms with Crippen molar-refractivity contribution in [1.29, 1.82) is 0 Å². The maximum absolute atomic E-state index is 13.0. The molecule has 184 valence electrons. The molecular formula is C26H30ClN5O3. The second-order valence-corrected chi connectivity index (χ2v) is 9.65. The van der Waals surface area contributed by atoms with E-state index in [9.17, 15) is 4.79 Å². The maximum atomic E-state index is 13.0. The molecule has 2 aromatic rings. The van der Waals surface area contributed by atoms with Crippen molar-refractivity contribution in [2.75, 3.05) is 36.5 Å². The minimum atomic E-state index is -0.416. The fourth-order valence-corrected chi connectivity index (χ4v) is 4.80. The number of aliphatic imine (C=N–C) groups is 1. The monoisotopic (exact) mass is 495 g/mol. The van der Waals surface area contributed by atoms with Crippen LogP contribution in [-0.4, -0.2) is 48.7 Å². The van der Waals surface area contributed by atoms with Gasteiger partial charge < -0.3 is 25.4 Å². The van der Waals surface area contributed by atoms with E-state index in [1.807, 2.05) is 6.07 Å². The summed E-state index contributed by atoms with van der Waals surface area (Å²) in [6.45, 7) is 4.76. The van der Waals surface area contributed by atoms with E-state index in [-0.39, 0.29) is 5.91 Å². The summed E-state index contributed by atoms with van der Waals surface area (Å²) in [5.41, 5.74) is 9.13. The molecule has 5 rings (SSSR count). The topological polar surface area (TPSA) is 102 Å². The van der Waals surface area contributed by atoms with E-state index >= 15 is 0 Å². The van der Waals surface area contributed by atoms with Crippen molar-refractivity contribution in [2.45, 2.75) is 44.3 Å². The maximum Gasteiger partial charge on any atom is 0.259 e. The Morgan fingerprint density at radius 1 is 1.23 bits per heavy atom. The van der Waals surface area contributed by atoms with Crippen LogP contribution in [0.25, 0.3) is 0 Å². The first-order valence-electron chi connectivity index (χ1n) is 12.0. The van der Waals surface area contributed by atoms with Gasteiger partial charge in [-0.15, -0.1) is 0 Å². The Labute approximate surface area is 210 Å². The zero-order valence-corrected chi connectivity index (χ0v) is 20.6. The highest BCUT2D eigenvalue weighted by Crippen LogP contribution is 2.45. The van der Waals surface area contributed by atoms with Crippen LogP contribution in [0.3, 0.4) is 0 Å². The first kappa shape index (κ1) is 23.8. The molecule has 0 unspecified atom stereocenters. The summed E-state index contributed by atoms with van der Waals surface area (Å²) in [6, 6.07) is 9.13. The second kappa shape index (κ2) is 9.97. The molecule has 1 amide bonds. The van der Waals surface area contributed by atoms with Crippen LogP contribution in [0.1, 0.15) is 44.1 Å². The van der Waals surface area contributed by atoms with Gasteiger partial charge in [-0.05, 0) is 61.6 Å². The first-order chi connectivity index (χ1) is 17.0. The van der Waals surface area contributed by atoms with Gasteiger partial charge in [-0.3, -0.25) is 9.79 Å². The van der Waals surface area contributed by atoms with Crippen LogP contribution in [0.2, 0.25) is 5.02 Å². The SMILES string of the molecule is CC(=Nc1ccc(Cl)cc1)C(=CN)C(=O)Nc1cnc(N2CCC3(CC2)OCCO3)c(C2CC2)c1. The normalized spacial score (nSPS) is 20.3. The molecule has 1 aromatic carbocycles. The lowest BCUT2D eigenvalue weighted by Gasteiger charge is -2.38. The molecule has 2 saturated heterocycles. The number of halogens is 1. The van der Waals surface area contributed by atoms with Gasteiger partial charge >= 0.3 is 0 Å². The van der Waals surface area contributed by atoms with Crippen LogP contribution >= 0.6 is 11.6 Å². The molecule has 1 saturated carbocycles. The molecule has 1 aliphatic carbocycles. The fraction of sp³-hybridized carbons (Fsp3) is 0.423. The van der Waals surface area contributed by atoms with Crippen molar-refractivity contribution in [2.24, 2.45) is 10.7 Å². The van der Waals surface area contributed by atoms with Crippen molar-refractivity contribution in [3.8, 4) is 0 Å². The van der Waals surface area contributed by atoms with Crippen molar-refractivity contribution in [3.05, 3.63) is 58.9 Å². The van der Waals surface area contributed by atoms with Gasteiger partial charge in [0.25, 0.3) is 5.91 Å². The van der Waals surface area contributed by atoms with E-state index in [0.717, 1.165) is 44.6 Å². The number of hydrogen-bond acceptors (Lipinski definition) is 7. The third-order valence-electron chi connectivity index (χ3n) is 6.73. The van der Waals surface area contributed by atoms with E-state index in [1.165, 1.54) is 11.8 Å². The quantitative estimate of drug-likeness (QED) is 0.451. The summed E-state index contributed by atoms with van der Waals surface area (Å²) in [6.07, 6.45) is 6.92. The van der Waals surface area contributed by atoms with Crippen LogP contribution < -0.4 is 16.0 Å². The molecule has 0 bridgehead atoms. The van der Waals surface area contributed by atoms with Crippen molar-refractivity contribution in [1.82, 2.24) is 4.98 Å². The zero-order chi connectivity index (χ0) is 24.4. The Hall–Kier alpha value is -2.94. The molecule has 3 aliphatic rings. The van der Waals surface area contributed by atoms with E-state index in [1.54, 1.807) is 37.4 Å². The Balaban J connectivity index is 1.30. The predicted molar refractivity (Wildman–Crippen MR) is 137 cm³/mol. The van der Waals surface area contributed by atoms with Crippen LogP contribution in [-0.2, 0) is 14.3 Å². The molecule has 2 aliphatic heterocycles. The van der Waals surface area contributed by atoms with Gasteiger partial charge in [-0.1, -0.05) is 11.6 Å². The number of piperidine rings is 1. The molecule has 0 atom stereocenters. The van der Waals surface area contributed by atoms with Crippen molar-refractivity contribution < 1.29 is 14.3 Å². The smallest absolute Gasteiger partial charge is 0.259 e. The molecule has 9 heteroatoms. The summed E-state index contributed by atoms with van der Waals surface area (Å²) < 4.78 is 11.7. The molecule has 3 N–H and O–H groups in total. The average Bonchev–Trinajstić information content (AvgIpc) is 3.61. The van der Waals surface area contributed by atoms with E-state index in [4.69, 9.17) is 31.8 Å². The number of anilines is 2. The van der Waals surface area contributed by atoms with Gasteiger partial charge in [-0.25, -0.2) is 4.98 Å². The zero-order valence-electron chi connectivity index (χ0n) is 19.8. The first-order valence-corrected chi connectivity index (χ1v) is 12.4. The third kappa shape index (κ3) is 5.34. The van der Waals surface area contributed by atoms with Gasteiger partial charge in [0, 0.05) is 37.2 Å². The number of nitrogens with one attached hydrogen (secondary N) is 1. The highest BCUT2D eigenvalue weighted by atomic mass is 35.5. The highest BCUT2D eigenvalue weighted by Gasteiger charge is 2.41. The minimum Gasteiger partial charge on any atom is -0.404 e. The Morgan fingerprint density at radius 2 is 1.91 bits per heavy atom. The molecule has 3 heterocycles. The van der Waals surface area contributed by atoms with E-state index in [2.05, 4.69) is 15.2 Å². The van der Waals surface area contributed by atoms with Gasteiger partial charge in [-0.2, -0.15) is 0 Å². The largest absolute Gasteiger partial charge is 0.404 e. The number of rotatable bonds is 6. The number of carbonyl (C=O) groups excluding carboxylic acids is 1. The van der Waals surface area contributed by atoms with Crippen molar-refractivity contribution >= 4 is 40.4 Å². The Kier molecular flexibility index (Phi) is 6.77. The lowest BCUT2D eigenvalue weighted by Crippen LogP contribution is -2.45. The summed E-state index contributed by atoms with van der Waals surface area (Å²) in [5.74, 6) is 0.727.